The van der Waals surface area contributed by atoms with Crippen LogP contribution in [0.15, 0.2) is 24.3 Å². The molecule has 100 valence electrons. The largest absolute Gasteiger partial charge is 0.351 e. The molecule has 0 saturated heterocycles. The second-order valence-electron chi connectivity index (χ2n) is 5.79. The van der Waals surface area contributed by atoms with E-state index in [2.05, 4.69) is 24.4 Å². The number of benzene rings is 1. The van der Waals surface area contributed by atoms with Gasteiger partial charge in [0, 0.05) is 17.9 Å². The van der Waals surface area contributed by atoms with Crippen LogP contribution in [0.3, 0.4) is 0 Å². The first-order valence-electron chi connectivity index (χ1n) is 6.40. The van der Waals surface area contributed by atoms with Gasteiger partial charge in [0.2, 0.25) is 5.91 Å². The van der Waals surface area contributed by atoms with Crippen LogP contribution in [0.25, 0.3) is 0 Å². The van der Waals surface area contributed by atoms with Gasteiger partial charge in [0.05, 0.1) is 0 Å². The summed E-state index contributed by atoms with van der Waals surface area (Å²) in [7, 11) is 0. The van der Waals surface area contributed by atoms with Crippen LogP contribution in [0.2, 0.25) is 0 Å². The van der Waals surface area contributed by atoms with Crippen LogP contribution in [0.4, 0.5) is 0 Å². The molecule has 0 aliphatic rings. The number of aryl methyl sites for hydroxylation is 1. The van der Waals surface area contributed by atoms with Crippen molar-refractivity contribution in [3.05, 3.63) is 35.4 Å². The summed E-state index contributed by atoms with van der Waals surface area (Å²) in [5.74, 6) is 0.148. The Balaban J connectivity index is 2.74. The standard InChI is InChI=1S/C15H24N2O/c1-11-7-5-6-8-13(11)12(10-16)9-14(18)17-15(2,3)4/h5-8,12H,9-10,16H2,1-4H3,(H,17,18). The van der Waals surface area contributed by atoms with Gasteiger partial charge >= 0.3 is 0 Å². The molecule has 0 aliphatic heterocycles. The van der Waals surface area contributed by atoms with E-state index in [9.17, 15) is 4.79 Å². The monoisotopic (exact) mass is 248 g/mol. The molecular formula is C15H24N2O. The average molecular weight is 248 g/mol. The van der Waals surface area contributed by atoms with E-state index < -0.39 is 0 Å². The van der Waals surface area contributed by atoms with E-state index in [1.807, 2.05) is 32.9 Å². The summed E-state index contributed by atoms with van der Waals surface area (Å²) in [4.78, 5) is 11.9. The maximum atomic E-state index is 11.9. The molecule has 0 fully saturated rings. The summed E-state index contributed by atoms with van der Waals surface area (Å²) < 4.78 is 0. The smallest absolute Gasteiger partial charge is 0.221 e. The molecule has 1 atom stereocenters. The molecule has 0 aromatic heterocycles. The van der Waals surface area contributed by atoms with Crippen LogP contribution in [-0.4, -0.2) is 18.0 Å². The van der Waals surface area contributed by atoms with Crippen LogP contribution < -0.4 is 11.1 Å². The van der Waals surface area contributed by atoms with Crippen molar-refractivity contribution in [3.8, 4) is 0 Å². The molecule has 1 aromatic carbocycles. The van der Waals surface area contributed by atoms with Crippen molar-refractivity contribution in [3.63, 3.8) is 0 Å². The number of nitrogens with one attached hydrogen (secondary N) is 1. The van der Waals surface area contributed by atoms with E-state index in [0.29, 0.717) is 13.0 Å². The molecule has 0 saturated carbocycles. The highest BCUT2D eigenvalue weighted by Crippen LogP contribution is 2.22. The van der Waals surface area contributed by atoms with Crippen molar-refractivity contribution in [1.82, 2.24) is 5.32 Å². The molecule has 3 N–H and O–H groups in total. The molecule has 0 aliphatic carbocycles. The molecule has 18 heavy (non-hydrogen) atoms. The van der Waals surface area contributed by atoms with Crippen LogP contribution in [0.5, 0.6) is 0 Å². The lowest BCUT2D eigenvalue weighted by Gasteiger charge is -2.23. The fraction of sp³-hybridized carbons (Fsp3) is 0.533. The highest BCUT2D eigenvalue weighted by Gasteiger charge is 2.19. The number of nitrogens with two attached hydrogens (primary N) is 1. The molecule has 0 radical (unpaired) electrons. The van der Waals surface area contributed by atoms with Crippen molar-refractivity contribution >= 4 is 5.91 Å². The van der Waals surface area contributed by atoms with Gasteiger partial charge in [0.1, 0.15) is 0 Å². The molecule has 1 amide bonds. The number of hydrogen-bond acceptors (Lipinski definition) is 2. The molecule has 1 rings (SSSR count). The zero-order valence-corrected chi connectivity index (χ0v) is 11.8. The third-order valence-corrected chi connectivity index (χ3v) is 2.86. The van der Waals surface area contributed by atoms with Gasteiger partial charge in [-0.25, -0.2) is 0 Å². The predicted octanol–water partition coefficient (Wildman–Crippen LogP) is 2.34. The first-order chi connectivity index (χ1) is 8.33. The van der Waals surface area contributed by atoms with Gasteiger partial charge < -0.3 is 11.1 Å². The van der Waals surface area contributed by atoms with Gasteiger partial charge in [-0.15, -0.1) is 0 Å². The Kier molecular flexibility index (Phi) is 4.91. The van der Waals surface area contributed by atoms with E-state index in [1.165, 1.54) is 11.1 Å². The summed E-state index contributed by atoms with van der Waals surface area (Å²) in [5, 5.41) is 2.98. The number of amides is 1. The quantitative estimate of drug-likeness (QED) is 0.859. The maximum absolute atomic E-state index is 11.9. The van der Waals surface area contributed by atoms with Crippen molar-refractivity contribution < 1.29 is 4.79 Å². The second kappa shape index (κ2) is 6.01. The number of hydrogen-bond donors (Lipinski definition) is 2. The van der Waals surface area contributed by atoms with E-state index in [-0.39, 0.29) is 17.4 Å². The maximum Gasteiger partial charge on any atom is 0.221 e. The van der Waals surface area contributed by atoms with Gasteiger partial charge in [-0.05, 0) is 45.4 Å². The van der Waals surface area contributed by atoms with Gasteiger partial charge in [-0.1, -0.05) is 24.3 Å². The summed E-state index contributed by atoms with van der Waals surface area (Å²) in [6.45, 7) is 8.49. The molecule has 3 heteroatoms. The van der Waals surface area contributed by atoms with Crippen LogP contribution in [0.1, 0.15) is 44.2 Å². The Bertz CT molecular complexity index is 407. The average Bonchev–Trinajstić information content (AvgIpc) is 2.24. The summed E-state index contributed by atoms with van der Waals surface area (Å²) >= 11 is 0. The van der Waals surface area contributed by atoms with Crippen molar-refractivity contribution in [2.75, 3.05) is 6.54 Å². The van der Waals surface area contributed by atoms with Gasteiger partial charge in [0.25, 0.3) is 0 Å². The van der Waals surface area contributed by atoms with Gasteiger partial charge in [0.15, 0.2) is 0 Å². The first kappa shape index (κ1) is 14.7. The number of carbonyl (C=O) groups excluding carboxylic acids is 1. The van der Waals surface area contributed by atoms with Crippen molar-refractivity contribution in [1.29, 1.82) is 0 Å². The van der Waals surface area contributed by atoms with E-state index in [0.717, 1.165) is 0 Å². The molecule has 3 nitrogen and oxygen atoms in total. The number of rotatable bonds is 4. The van der Waals surface area contributed by atoms with Gasteiger partial charge in [-0.2, -0.15) is 0 Å². The van der Waals surface area contributed by atoms with Crippen molar-refractivity contribution in [2.45, 2.75) is 45.6 Å². The third-order valence-electron chi connectivity index (χ3n) is 2.86. The van der Waals surface area contributed by atoms with E-state index in [4.69, 9.17) is 5.73 Å². The third kappa shape index (κ3) is 4.49. The normalized spacial score (nSPS) is 13.2. The van der Waals surface area contributed by atoms with E-state index >= 15 is 0 Å². The minimum absolute atomic E-state index is 0.0567. The molecule has 1 aromatic rings. The molecule has 0 spiro atoms. The van der Waals surface area contributed by atoms with Crippen molar-refractivity contribution in [2.24, 2.45) is 5.73 Å². The Labute approximate surface area is 110 Å². The van der Waals surface area contributed by atoms with E-state index in [1.54, 1.807) is 0 Å². The summed E-state index contributed by atoms with van der Waals surface area (Å²) in [5.41, 5.74) is 7.97. The Morgan fingerprint density at radius 1 is 1.33 bits per heavy atom. The first-order valence-corrected chi connectivity index (χ1v) is 6.40. The molecule has 0 heterocycles. The Morgan fingerprint density at radius 2 is 1.94 bits per heavy atom. The fourth-order valence-electron chi connectivity index (χ4n) is 2.06. The summed E-state index contributed by atoms with van der Waals surface area (Å²) in [6.07, 6.45) is 0.443. The lowest BCUT2D eigenvalue weighted by Crippen LogP contribution is -2.41. The zero-order valence-electron chi connectivity index (χ0n) is 11.8. The molecule has 1 unspecified atom stereocenters. The van der Waals surface area contributed by atoms with Crippen LogP contribution >= 0.6 is 0 Å². The lowest BCUT2D eigenvalue weighted by molar-refractivity contribution is -0.122. The summed E-state index contributed by atoms with van der Waals surface area (Å²) in [6, 6.07) is 8.10. The highest BCUT2D eigenvalue weighted by atomic mass is 16.1. The topological polar surface area (TPSA) is 55.1 Å². The van der Waals surface area contributed by atoms with Crippen LogP contribution in [-0.2, 0) is 4.79 Å². The molecule has 0 bridgehead atoms. The highest BCUT2D eigenvalue weighted by molar-refractivity contribution is 5.77. The fourth-order valence-corrected chi connectivity index (χ4v) is 2.06. The predicted molar refractivity (Wildman–Crippen MR) is 75.5 cm³/mol. The SMILES string of the molecule is Cc1ccccc1C(CN)CC(=O)NC(C)(C)C. The molecular weight excluding hydrogens is 224 g/mol. The minimum Gasteiger partial charge on any atom is -0.351 e. The Hall–Kier alpha value is -1.35. The lowest BCUT2D eigenvalue weighted by atomic mass is 9.91. The second-order valence-corrected chi connectivity index (χ2v) is 5.79. The minimum atomic E-state index is -0.192. The Morgan fingerprint density at radius 3 is 2.44 bits per heavy atom. The zero-order chi connectivity index (χ0) is 13.8. The van der Waals surface area contributed by atoms with Crippen LogP contribution in [0, 0.1) is 6.92 Å². The van der Waals surface area contributed by atoms with Gasteiger partial charge in [-0.3, -0.25) is 4.79 Å². The number of carbonyl (C=O) groups is 1.